The van der Waals surface area contributed by atoms with Gasteiger partial charge in [0.1, 0.15) is 0 Å². The van der Waals surface area contributed by atoms with Crippen LogP contribution in [0.4, 0.5) is 0 Å². The van der Waals surface area contributed by atoms with Crippen molar-refractivity contribution in [3.05, 3.63) is 65.7 Å². The number of hydrogen-bond acceptors (Lipinski definition) is 4. The molecule has 0 bridgehead atoms. The summed E-state index contributed by atoms with van der Waals surface area (Å²) in [5.41, 5.74) is 1.62. The molecule has 1 heterocycles. The molecule has 2 aromatic carbocycles. The van der Waals surface area contributed by atoms with Gasteiger partial charge in [-0.3, -0.25) is 4.79 Å². The van der Waals surface area contributed by atoms with E-state index in [1.54, 1.807) is 12.1 Å². The first-order valence-corrected chi connectivity index (χ1v) is 10.5. The Kier molecular flexibility index (Phi) is 6.26. The molecular weight excluding hydrogens is 364 g/mol. The van der Waals surface area contributed by atoms with Gasteiger partial charge in [0, 0.05) is 25.8 Å². The number of amides is 1. The van der Waals surface area contributed by atoms with Crippen LogP contribution in [-0.2, 0) is 14.8 Å². The van der Waals surface area contributed by atoms with E-state index in [1.165, 1.54) is 19.2 Å². The molecule has 0 aromatic heterocycles. The maximum absolute atomic E-state index is 12.9. The van der Waals surface area contributed by atoms with Crippen LogP contribution in [0.5, 0.6) is 0 Å². The fraction of sp³-hybridized carbons (Fsp3) is 0.350. The Morgan fingerprint density at radius 2 is 1.85 bits per heavy atom. The molecular formula is C20H24N2O4S. The van der Waals surface area contributed by atoms with Gasteiger partial charge >= 0.3 is 0 Å². The first-order chi connectivity index (χ1) is 13.0. The van der Waals surface area contributed by atoms with Crippen LogP contribution in [0, 0.1) is 0 Å². The maximum Gasteiger partial charge on any atom is 0.254 e. The van der Waals surface area contributed by atoms with Gasteiger partial charge in [-0.05, 0) is 42.7 Å². The molecule has 3 rings (SSSR count). The molecule has 27 heavy (non-hydrogen) atoms. The Hall–Kier alpha value is -2.22. The van der Waals surface area contributed by atoms with Gasteiger partial charge in [0.05, 0.1) is 17.5 Å². The Morgan fingerprint density at radius 1 is 1.15 bits per heavy atom. The number of nitrogens with one attached hydrogen (secondary N) is 1. The molecule has 6 nitrogen and oxygen atoms in total. The van der Waals surface area contributed by atoms with Crippen LogP contribution < -0.4 is 4.72 Å². The molecule has 0 spiro atoms. The van der Waals surface area contributed by atoms with Crippen LogP contribution in [0.25, 0.3) is 0 Å². The predicted octanol–water partition coefficient (Wildman–Crippen LogP) is 2.59. The average molecular weight is 388 g/mol. The highest BCUT2D eigenvalue weighted by molar-refractivity contribution is 7.89. The summed E-state index contributed by atoms with van der Waals surface area (Å²) in [4.78, 5) is 15.0. The summed E-state index contributed by atoms with van der Waals surface area (Å²) in [6.07, 6.45) is 1.90. The van der Waals surface area contributed by atoms with Gasteiger partial charge in [-0.2, -0.15) is 0 Å². The van der Waals surface area contributed by atoms with E-state index in [0.29, 0.717) is 18.7 Å². The van der Waals surface area contributed by atoms with Crippen molar-refractivity contribution in [2.75, 3.05) is 26.8 Å². The van der Waals surface area contributed by atoms with E-state index in [0.717, 1.165) is 18.4 Å². The molecule has 1 fully saturated rings. The molecule has 1 aliphatic heterocycles. The molecule has 0 radical (unpaired) electrons. The van der Waals surface area contributed by atoms with Crippen molar-refractivity contribution in [2.24, 2.45) is 0 Å². The molecule has 1 atom stereocenters. The number of nitrogens with zero attached hydrogens (tertiary/aromatic N) is 1. The zero-order chi connectivity index (χ0) is 19.3. The summed E-state index contributed by atoms with van der Waals surface area (Å²) < 4.78 is 31.7. The standard InChI is InChI=1S/C20H24N2O4S/c1-26-15-13-21-27(24,25)18-11-9-17(10-12-18)20(23)22-14-5-8-19(22)16-6-3-2-4-7-16/h2-4,6-7,9-12,19,21H,5,8,13-15H2,1H3. The molecule has 1 N–H and O–H groups in total. The number of carbonyl (C=O) groups excluding carboxylic acids is 1. The molecule has 1 aliphatic rings. The Morgan fingerprint density at radius 3 is 2.52 bits per heavy atom. The lowest BCUT2D eigenvalue weighted by molar-refractivity contribution is 0.0735. The van der Waals surface area contributed by atoms with E-state index in [1.807, 2.05) is 35.2 Å². The Balaban J connectivity index is 1.74. The maximum atomic E-state index is 12.9. The van der Waals surface area contributed by atoms with Crippen LogP contribution in [0.3, 0.4) is 0 Å². The zero-order valence-electron chi connectivity index (χ0n) is 15.3. The van der Waals surface area contributed by atoms with Gasteiger partial charge in [-0.1, -0.05) is 30.3 Å². The van der Waals surface area contributed by atoms with E-state index in [9.17, 15) is 13.2 Å². The van der Waals surface area contributed by atoms with Crippen molar-refractivity contribution >= 4 is 15.9 Å². The highest BCUT2D eigenvalue weighted by Gasteiger charge is 2.30. The van der Waals surface area contributed by atoms with Crippen molar-refractivity contribution in [1.29, 1.82) is 0 Å². The summed E-state index contributed by atoms with van der Waals surface area (Å²) in [6, 6.07) is 16.2. The fourth-order valence-corrected chi connectivity index (χ4v) is 4.35. The highest BCUT2D eigenvalue weighted by atomic mass is 32.2. The molecule has 2 aromatic rings. The molecule has 0 aliphatic carbocycles. The van der Waals surface area contributed by atoms with E-state index in [2.05, 4.69) is 4.72 Å². The number of ether oxygens (including phenoxy) is 1. The fourth-order valence-electron chi connectivity index (χ4n) is 3.34. The van der Waals surface area contributed by atoms with E-state index in [-0.39, 0.29) is 23.4 Å². The minimum Gasteiger partial charge on any atom is -0.383 e. The quantitative estimate of drug-likeness (QED) is 0.740. The van der Waals surface area contributed by atoms with Gasteiger partial charge in [-0.15, -0.1) is 0 Å². The summed E-state index contributed by atoms with van der Waals surface area (Å²) >= 11 is 0. The second-order valence-corrected chi connectivity index (χ2v) is 8.25. The number of hydrogen-bond donors (Lipinski definition) is 1. The van der Waals surface area contributed by atoms with Gasteiger partial charge in [0.15, 0.2) is 0 Å². The predicted molar refractivity (Wildman–Crippen MR) is 103 cm³/mol. The topological polar surface area (TPSA) is 75.7 Å². The van der Waals surface area contributed by atoms with Crippen molar-refractivity contribution in [3.63, 3.8) is 0 Å². The third-order valence-corrected chi connectivity index (χ3v) is 6.18. The number of benzene rings is 2. The molecule has 1 unspecified atom stereocenters. The average Bonchev–Trinajstić information content (AvgIpc) is 3.18. The molecule has 144 valence electrons. The summed E-state index contributed by atoms with van der Waals surface area (Å²) in [5, 5.41) is 0. The Labute approximate surface area is 160 Å². The number of sulfonamides is 1. The van der Waals surface area contributed by atoms with Crippen LogP contribution in [0.2, 0.25) is 0 Å². The lowest BCUT2D eigenvalue weighted by atomic mass is 10.0. The van der Waals surface area contributed by atoms with Gasteiger partial charge < -0.3 is 9.64 Å². The molecule has 0 saturated carbocycles. The Bertz CT molecular complexity index is 867. The summed E-state index contributed by atoms with van der Waals surface area (Å²) in [7, 11) is -2.09. The SMILES string of the molecule is COCCNS(=O)(=O)c1ccc(C(=O)N2CCCC2c2ccccc2)cc1. The van der Waals surface area contributed by atoms with Crippen LogP contribution in [0.15, 0.2) is 59.5 Å². The van der Waals surface area contributed by atoms with Crippen molar-refractivity contribution in [2.45, 2.75) is 23.8 Å². The minimum atomic E-state index is -3.60. The van der Waals surface area contributed by atoms with Crippen molar-refractivity contribution in [3.8, 4) is 0 Å². The lowest BCUT2D eigenvalue weighted by Gasteiger charge is -2.25. The number of likely N-dealkylation sites (tertiary alicyclic amines) is 1. The second-order valence-electron chi connectivity index (χ2n) is 6.48. The highest BCUT2D eigenvalue weighted by Crippen LogP contribution is 2.33. The van der Waals surface area contributed by atoms with E-state index >= 15 is 0 Å². The zero-order valence-corrected chi connectivity index (χ0v) is 16.1. The van der Waals surface area contributed by atoms with Crippen LogP contribution in [0.1, 0.15) is 34.8 Å². The van der Waals surface area contributed by atoms with Gasteiger partial charge in [0.25, 0.3) is 5.91 Å². The first-order valence-electron chi connectivity index (χ1n) is 8.97. The second kappa shape index (κ2) is 8.65. The third kappa shape index (κ3) is 4.55. The van der Waals surface area contributed by atoms with Crippen molar-refractivity contribution < 1.29 is 17.9 Å². The number of rotatable bonds is 7. The van der Waals surface area contributed by atoms with E-state index < -0.39 is 10.0 Å². The van der Waals surface area contributed by atoms with Crippen LogP contribution in [-0.4, -0.2) is 46.0 Å². The third-order valence-electron chi connectivity index (χ3n) is 4.71. The van der Waals surface area contributed by atoms with Crippen molar-refractivity contribution in [1.82, 2.24) is 9.62 Å². The van der Waals surface area contributed by atoms with Gasteiger partial charge in [0.2, 0.25) is 10.0 Å². The smallest absolute Gasteiger partial charge is 0.254 e. The first kappa shape index (κ1) is 19.5. The molecule has 1 amide bonds. The summed E-state index contributed by atoms with van der Waals surface area (Å²) in [5.74, 6) is -0.0716. The minimum absolute atomic E-state index is 0.0674. The van der Waals surface area contributed by atoms with Gasteiger partial charge in [-0.25, -0.2) is 13.1 Å². The monoisotopic (exact) mass is 388 g/mol. The normalized spacial score (nSPS) is 17.2. The number of methoxy groups -OCH3 is 1. The van der Waals surface area contributed by atoms with Crippen LogP contribution >= 0.6 is 0 Å². The number of carbonyl (C=O) groups is 1. The largest absolute Gasteiger partial charge is 0.383 e. The lowest BCUT2D eigenvalue weighted by Crippen LogP contribution is -2.30. The van der Waals surface area contributed by atoms with E-state index in [4.69, 9.17) is 4.74 Å². The molecule has 7 heteroatoms. The molecule has 1 saturated heterocycles. The summed E-state index contributed by atoms with van der Waals surface area (Å²) in [6.45, 7) is 1.20.